The number of benzene rings is 1. The van der Waals surface area contributed by atoms with E-state index in [1.165, 1.54) is 5.69 Å². The number of aliphatic imine (C=N–C) groups is 1. The highest BCUT2D eigenvalue weighted by Crippen LogP contribution is 2.22. The van der Waals surface area contributed by atoms with Gasteiger partial charge in [-0.2, -0.15) is 0 Å². The molecular weight excluding hydrogens is 404 g/mol. The van der Waals surface area contributed by atoms with E-state index in [1.54, 1.807) is 26.1 Å². The molecule has 8 nitrogen and oxygen atoms in total. The van der Waals surface area contributed by atoms with E-state index in [9.17, 15) is 4.79 Å². The van der Waals surface area contributed by atoms with Crippen molar-refractivity contribution in [3.8, 4) is 5.75 Å². The Morgan fingerprint density at radius 1 is 1.12 bits per heavy atom. The summed E-state index contributed by atoms with van der Waals surface area (Å²) in [5.74, 6) is 2.05. The number of hydrogen-bond acceptors (Lipinski definition) is 5. The molecule has 32 heavy (non-hydrogen) atoms. The van der Waals surface area contributed by atoms with Gasteiger partial charge in [-0.1, -0.05) is 12.1 Å². The zero-order valence-electron chi connectivity index (χ0n) is 19.3. The van der Waals surface area contributed by atoms with Gasteiger partial charge in [0.15, 0.2) is 5.96 Å². The second kappa shape index (κ2) is 11.9. The summed E-state index contributed by atoms with van der Waals surface area (Å²) in [5, 5.41) is 6.62. The van der Waals surface area contributed by atoms with Crippen molar-refractivity contribution in [2.45, 2.75) is 19.4 Å². The van der Waals surface area contributed by atoms with Crippen molar-refractivity contribution >= 4 is 17.6 Å². The van der Waals surface area contributed by atoms with Crippen LogP contribution in [0.3, 0.4) is 0 Å². The van der Waals surface area contributed by atoms with E-state index >= 15 is 0 Å². The first-order valence-electron chi connectivity index (χ1n) is 11.1. The average Bonchev–Trinajstić information content (AvgIpc) is 2.84. The molecule has 0 spiro atoms. The Bertz CT molecular complexity index is 862. The largest absolute Gasteiger partial charge is 0.497 e. The van der Waals surface area contributed by atoms with Gasteiger partial charge in [-0.05, 0) is 48.6 Å². The van der Waals surface area contributed by atoms with E-state index in [1.807, 2.05) is 36.7 Å². The van der Waals surface area contributed by atoms with Crippen molar-refractivity contribution in [3.05, 3.63) is 54.4 Å². The molecule has 2 N–H and O–H groups in total. The highest BCUT2D eigenvalue weighted by Gasteiger charge is 2.19. The van der Waals surface area contributed by atoms with E-state index in [0.717, 1.165) is 43.8 Å². The molecular formula is C24H34N6O2. The SMILES string of the molecule is COc1ccc(CN=C(NCC(=O)N(C)C)NCC2CCN(c3ccncc3)CC2)cc1. The lowest BCUT2D eigenvalue weighted by molar-refractivity contribution is -0.127. The van der Waals surface area contributed by atoms with E-state index in [2.05, 4.69) is 32.7 Å². The number of guanidine groups is 1. The fraction of sp³-hybridized carbons (Fsp3) is 0.458. The Hall–Kier alpha value is -3.29. The van der Waals surface area contributed by atoms with Crippen molar-refractivity contribution in [1.29, 1.82) is 0 Å². The number of rotatable bonds is 8. The van der Waals surface area contributed by atoms with Crippen LogP contribution in [0.2, 0.25) is 0 Å². The van der Waals surface area contributed by atoms with Crippen LogP contribution >= 0.6 is 0 Å². The second-order valence-corrected chi connectivity index (χ2v) is 8.17. The number of carbonyl (C=O) groups is 1. The normalized spacial score (nSPS) is 14.7. The molecule has 1 aliphatic rings. The van der Waals surface area contributed by atoms with Gasteiger partial charge < -0.3 is 25.2 Å². The maximum absolute atomic E-state index is 12.0. The van der Waals surface area contributed by atoms with Gasteiger partial charge in [0.2, 0.25) is 5.91 Å². The van der Waals surface area contributed by atoms with Gasteiger partial charge in [0.05, 0.1) is 20.2 Å². The lowest BCUT2D eigenvalue weighted by atomic mass is 9.96. The van der Waals surface area contributed by atoms with Crippen LogP contribution in [0.1, 0.15) is 18.4 Å². The third-order valence-corrected chi connectivity index (χ3v) is 5.69. The van der Waals surface area contributed by atoms with Crippen molar-refractivity contribution in [2.24, 2.45) is 10.9 Å². The van der Waals surface area contributed by atoms with Crippen molar-refractivity contribution in [3.63, 3.8) is 0 Å². The number of carbonyl (C=O) groups excluding carboxylic acids is 1. The Labute approximate surface area is 190 Å². The van der Waals surface area contributed by atoms with Crippen LogP contribution < -0.4 is 20.3 Å². The molecule has 1 saturated heterocycles. The fourth-order valence-electron chi connectivity index (χ4n) is 3.58. The van der Waals surface area contributed by atoms with Gasteiger partial charge in [-0.15, -0.1) is 0 Å². The monoisotopic (exact) mass is 438 g/mol. The number of ether oxygens (including phenoxy) is 1. The molecule has 0 atom stereocenters. The smallest absolute Gasteiger partial charge is 0.241 e. The van der Waals surface area contributed by atoms with Crippen molar-refractivity contribution in [1.82, 2.24) is 20.5 Å². The number of nitrogens with one attached hydrogen (secondary N) is 2. The summed E-state index contributed by atoms with van der Waals surface area (Å²) >= 11 is 0. The predicted octanol–water partition coefficient (Wildman–Crippen LogP) is 2.13. The number of hydrogen-bond donors (Lipinski definition) is 2. The first kappa shape index (κ1) is 23.4. The molecule has 0 aliphatic carbocycles. The van der Waals surface area contributed by atoms with Gasteiger partial charge in [0.1, 0.15) is 5.75 Å². The van der Waals surface area contributed by atoms with E-state index in [0.29, 0.717) is 18.4 Å². The molecule has 1 amide bonds. The Morgan fingerprint density at radius 3 is 2.44 bits per heavy atom. The minimum Gasteiger partial charge on any atom is -0.497 e. The summed E-state index contributed by atoms with van der Waals surface area (Å²) in [7, 11) is 5.16. The Balaban J connectivity index is 1.53. The molecule has 0 unspecified atom stereocenters. The molecule has 1 aromatic heterocycles. The maximum atomic E-state index is 12.0. The zero-order valence-corrected chi connectivity index (χ0v) is 19.3. The van der Waals surface area contributed by atoms with E-state index in [-0.39, 0.29) is 12.5 Å². The highest BCUT2D eigenvalue weighted by atomic mass is 16.5. The first-order chi connectivity index (χ1) is 15.5. The maximum Gasteiger partial charge on any atom is 0.241 e. The summed E-state index contributed by atoms with van der Waals surface area (Å²) in [6.07, 6.45) is 5.90. The molecule has 1 fully saturated rings. The number of amides is 1. The van der Waals surface area contributed by atoms with Crippen LogP contribution in [0.5, 0.6) is 5.75 Å². The summed E-state index contributed by atoms with van der Waals surface area (Å²) in [6, 6.07) is 12.0. The molecule has 1 aromatic carbocycles. The van der Waals surface area contributed by atoms with Crippen molar-refractivity contribution < 1.29 is 9.53 Å². The first-order valence-corrected chi connectivity index (χ1v) is 11.1. The van der Waals surface area contributed by atoms with E-state index in [4.69, 9.17) is 9.73 Å². The van der Waals surface area contributed by atoms with Crippen LogP contribution in [0.25, 0.3) is 0 Å². The third-order valence-electron chi connectivity index (χ3n) is 5.69. The number of piperidine rings is 1. The Morgan fingerprint density at radius 2 is 1.81 bits per heavy atom. The number of methoxy groups -OCH3 is 1. The van der Waals surface area contributed by atoms with Gasteiger partial charge in [0, 0.05) is 51.8 Å². The topological polar surface area (TPSA) is 82.1 Å². The predicted molar refractivity (Wildman–Crippen MR) is 128 cm³/mol. The molecule has 2 aromatic rings. The lowest BCUT2D eigenvalue weighted by Gasteiger charge is -2.33. The number of nitrogens with zero attached hydrogens (tertiary/aromatic N) is 4. The number of anilines is 1. The van der Waals surface area contributed by atoms with Gasteiger partial charge >= 0.3 is 0 Å². The van der Waals surface area contributed by atoms with Gasteiger partial charge in [-0.3, -0.25) is 9.78 Å². The molecule has 0 saturated carbocycles. The van der Waals surface area contributed by atoms with Crippen LogP contribution in [-0.2, 0) is 11.3 Å². The van der Waals surface area contributed by atoms with E-state index < -0.39 is 0 Å². The lowest BCUT2D eigenvalue weighted by Crippen LogP contribution is -2.45. The van der Waals surface area contributed by atoms with Gasteiger partial charge in [-0.25, -0.2) is 4.99 Å². The standard InChI is InChI=1S/C24H34N6O2/c1-29(2)23(31)18-28-24(26-16-19-4-6-22(32-3)7-5-19)27-17-20-10-14-30(15-11-20)21-8-12-25-13-9-21/h4-9,12-13,20H,10-11,14-18H2,1-3H3,(H2,26,27,28). The Kier molecular flexibility index (Phi) is 8.71. The molecule has 0 bridgehead atoms. The minimum atomic E-state index is 0.00889. The molecule has 172 valence electrons. The summed E-state index contributed by atoms with van der Waals surface area (Å²) in [5.41, 5.74) is 2.31. The summed E-state index contributed by atoms with van der Waals surface area (Å²) in [4.78, 5) is 24.8. The summed E-state index contributed by atoms with van der Waals surface area (Å²) in [6.45, 7) is 3.62. The molecule has 1 aliphatic heterocycles. The fourth-order valence-corrected chi connectivity index (χ4v) is 3.58. The number of pyridine rings is 1. The molecule has 2 heterocycles. The molecule has 0 radical (unpaired) electrons. The van der Waals surface area contributed by atoms with Gasteiger partial charge in [0.25, 0.3) is 0 Å². The summed E-state index contributed by atoms with van der Waals surface area (Å²) < 4.78 is 5.21. The minimum absolute atomic E-state index is 0.00889. The van der Waals surface area contributed by atoms with Crippen LogP contribution in [0.4, 0.5) is 5.69 Å². The quantitative estimate of drug-likeness (QED) is 0.485. The van der Waals surface area contributed by atoms with Crippen LogP contribution in [0.15, 0.2) is 53.8 Å². The highest BCUT2D eigenvalue weighted by molar-refractivity contribution is 5.86. The molecule has 8 heteroatoms. The van der Waals surface area contributed by atoms with Crippen molar-refractivity contribution in [2.75, 3.05) is 52.3 Å². The average molecular weight is 439 g/mol. The van der Waals surface area contributed by atoms with Crippen LogP contribution in [-0.4, -0.2) is 69.1 Å². The third kappa shape index (κ3) is 7.14. The number of likely N-dealkylation sites (N-methyl/N-ethyl adjacent to an activating group) is 1. The molecule has 3 rings (SSSR count). The number of aromatic nitrogens is 1. The second-order valence-electron chi connectivity index (χ2n) is 8.17. The van der Waals surface area contributed by atoms with Crippen LogP contribution in [0, 0.1) is 5.92 Å². The zero-order chi connectivity index (χ0) is 22.8.